The Morgan fingerprint density at radius 2 is 1.82 bits per heavy atom. The van der Waals surface area contributed by atoms with Crippen LogP contribution in [-0.2, 0) is 9.84 Å². The third-order valence-corrected chi connectivity index (χ3v) is 5.96. The van der Waals surface area contributed by atoms with Crippen molar-refractivity contribution in [2.45, 2.75) is 42.9 Å². The van der Waals surface area contributed by atoms with Crippen molar-refractivity contribution < 1.29 is 13.2 Å². The van der Waals surface area contributed by atoms with Crippen molar-refractivity contribution in [1.29, 1.82) is 0 Å². The van der Waals surface area contributed by atoms with Crippen LogP contribution in [0.1, 0.15) is 37.0 Å². The van der Waals surface area contributed by atoms with Crippen molar-refractivity contribution in [3.8, 4) is 0 Å². The Balaban J connectivity index is 0.00000242. The number of hydrogen-bond donors (Lipinski definition) is 2. The second kappa shape index (κ2) is 7.44. The predicted molar refractivity (Wildman–Crippen MR) is 89.0 cm³/mol. The lowest BCUT2D eigenvalue weighted by molar-refractivity contribution is 0.0950. The van der Waals surface area contributed by atoms with E-state index in [0.29, 0.717) is 18.0 Å². The van der Waals surface area contributed by atoms with Gasteiger partial charge in [-0.3, -0.25) is 4.79 Å². The van der Waals surface area contributed by atoms with Crippen LogP contribution >= 0.6 is 12.4 Å². The molecule has 5 nitrogen and oxygen atoms in total. The topological polar surface area (TPSA) is 89.3 Å². The molecule has 1 aliphatic rings. The van der Waals surface area contributed by atoms with Crippen LogP contribution in [0.25, 0.3) is 0 Å². The van der Waals surface area contributed by atoms with Crippen molar-refractivity contribution in [2.24, 2.45) is 11.7 Å². The van der Waals surface area contributed by atoms with E-state index in [1.807, 2.05) is 0 Å². The molecule has 22 heavy (non-hydrogen) atoms. The minimum Gasteiger partial charge on any atom is -0.350 e. The highest BCUT2D eigenvalue weighted by Gasteiger charge is 2.28. The molecule has 1 amide bonds. The third-order valence-electron chi connectivity index (χ3n) is 3.79. The van der Waals surface area contributed by atoms with Crippen LogP contribution in [0.4, 0.5) is 0 Å². The molecule has 2 rings (SSSR count). The van der Waals surface area contributed by atoms with Crippen LogP contribution in [0.5, 0.6) is 0 Å². The number of nitrogens with one attached hydrogen (secondary N) is 1. The highest BCUT2D eigenvalue weighted by Crippen LogP contribution is 2.31. The second-order valence-corrected chi connectivity index (χ2v) is 8.33. The molecular formula is C15H23ClN2O3S. The molecule has 1 atom stereocenters. The first-order chi connectivity index (χ1) is 9.82. The van der Waals surface area contributed by atoms with E-state index in [-0.39, 0.29) is 29.3 Å². The van der Waals surface area contributed by atoms with Crippen LogP contribution in [0.3, 0.4) is 0 Å². The van der Waals surface area contributed by atoms with Crippen LogP contribution in [0.2, 0.25) is 0 Å². The fourth-order valence-electron chi connectivity index (χ4n) is 2.07. The van der Waals surface area contributed by atoms with E-state index in [4.69, 9.17) is 5.73 Å². The molecule has 0 aliphatic heterocycles. The Bertz CT molecular complexity index is 610. The molecule has 0 aromatic heterocycles. The monoisotopic (exact) mass is 346 g/mol. The van der Waals surface area contributed by atoms with Gasteiger partial charge in [-0.25, -0.2) is 8.42 Å². The zero-order valence-corrected chi connectivity index (χ0v) is 14.4. The van der Waals surface area contributed by atoms with E-state index in [1.54, 1.807) is 13.8 Å². The minimum absolute atomic E-state index is 0. The van der Waals surface area contributed by atoms with E-state index in [9.17, 15) is 13.2 Å². The molecule has 124 valence electrons. The van der Waals surface area contributed by atoms with Gasteiger partial charge in [0, 0.05) is 18.2 Å². The standard InChI is InChI=1S/C15H22N2O3S.ClH/c1-10(2)21(19,20)13-7-5-12(6-8-13)15(18)17-9-14(16)11-3-4-11;/h5-8,10-11,14H,3-4,9,16H2,1-2H3,(H,17,18);1H. The first-order valence-electron chi connectivity index (χ1n) is 7.20. The molecule has 0 bridgehead atoms. The first kappa shape index (κ1) is 18.9. The molecular weight excluding hydrogens is 324 g/mol. The summed E-state index contributed by atoms with van der Waals surface area (Å²) in [5.74, 6) is 0.309. The van der Waals surface area contributed by atoms with E-state index in [2.05, 4.69) is 5.32 Å². The molecule has 1 aromatic carbocycles. The fourth-order valence-corrected chi connectivity index (χ4v) is 3.13. The number of hydrogen-bond acceptors (Lipinski definition) is 4. The first-order valence-corrected chi connectivity index (χ1v) is 8.74. The Labute approximate surface area is 138 Å². The summed E-state index contributed by atoms with van der Waals surface area (Å²) in [4.78, 5) is 12.2. The van der Waals surface area contributed by atoms with Crippen LogP contribution in [0, 0.1) is 5.92 Å². The van der Waals surface area contributed by atoms with Gasteiger partial charge in [0.1, 0.15) is 0 Å². The molecule has 1 saturated carbocycles. The molecule has 0 spiro atoms. The van der Waals surface area contributed by atoms with Crippen molar-refractivity contribution in [2.75, 3.05) is 6.54 Å². The number of nitrogens with two attached hydrogens (primary N) is 1. The van der Waals surface area contributed by atoms with Crippen molar-refractivity contribution >= 4 is 28.2 Å². The zero-order chi connectivity index (χ0) is 15.6. The average Bonchev–Trinajstić information content (AvgIpc) is 3.29. The van der Waals surface area contributed by atoms with Crippen molar-refractivity contribution in [3.63, 3.8) is 0 Å². The second-order valence-electron chi connectivity index (χ2n) is 5.83. The van der Waals surface area contributed by atoms with Gasteiger partial charge in [0.25, 0.3) is 5.91 Å². The molecule has 1 aromatic rings. The summed E-state index contributed by atoms with van der Waals surface area (Å²) in [6.07, 6.45) is 2.28. The lowest BCUT2D eigenvalue weighted by Gasteiger charge is -2.12. The quantitative estimate of drug-likeness (QED) is 0.821. The van der Waals surface area contributed by atoms with Crippen LogP contribution in [0.15, 0.2) is 29.2 Å². The number of sulfone groups is 1. The van der Waals surface area contributed by atoms with Gasteiger partial charge in [-0.05, 0) is 56.9 Å². The molecule has 0 saturated heterocycles. The Morgan fingerprint density at radius 3 is 2.27 bits per heavy atom. The molecule has 1 aliphatic carbocycles. The van der Waals surface area contributed by atoms with Crippen molar-refractivity contribution in [1.82, 2.24) is 5.32 Å². The molecule has 1 fully saturated rings. The van der Waals surface area contributed by atoms with Crippen molar-refractivity contribution in [3.05, 3.63) is 29.8 Å². The minimum atomic E-state index is -3.30. The van der Waals surface area contributed by atoms with Gasteiger partial charge >= 0.3 is 0 Å². The summed E-state index contributed by atoms with van der Waals surface area (Å²) >= 11 is 0. The number of halogens is 1. The summed E-state index contributed by atoms with van der Waals surface area (Å²) in [6.45, 7) is 3.72. The molecule has 1 unspecified atom stereocenters. The number of carbonyl (C=O) groups excluding carboxylic acids is 1. The van der Waals surface area contributed by atoms with E-state index < -0.39 is 15.1 Å². The zero-order valence-electron chi connectivity index (χ0n) is 12.8. The van der Waals surface area contributed by atoms with E-state index >= 15 is 0 Å². The lowest BCUT2D eigenvalue weighted by Crippen LogP contribution is -2.38. The largest absolute Gasteiger partial charge is 0.350 e. The molecule has 3 N–H and O–H groups in total. The molecule has 0 radical (unpaired) electrons. The Hall–Kier alpha value is -1.11. The van der Waals surface area contributed by atoms with E-state index in [0.717, 1.165) is 12.8 Å². The number of carbonyl (C=O) groups is 1. The van der Waals surface area contributed by atoms with Gasteiger partial charge in [-0.1, -0.05) is 0 Å². The third kappa shape index (κ3) is 4.44. The van der Waals surface area contributed by atoms with E-state index in [1.165, 1.54) is 24.3 Å². The highest BCUT2D eigenvalue weighted by atomic mass is 35.5. The summed E-state index contributed by atoms with van der Waals surface area (Å²) in [7, 11) is -3.30. The highest BCUT2D eigenvalue weighted by molar-refractivity contribution is 7.92. The summed E-state index contributed by atoms with van der Waals surface area (Å²) in [5, 5.41) is 2.31. The smallest absolute Gasteiger partial charge is 0.251 e. The van der Waals surface area contributed by atoms with Gasteiger partial charge in [-0.15, -0.1) is 12.4 Å². The fraction of sp³-hybridized carbons (Fsp3) is 0.533. The predicted octanol–water partition coefficient (Wildman–Crippen LogP) is 1.76. The number of rotatable bonds is 6. The maximum absolute atomic E-state index is 12.0. The maximum Gasteiger partial charge on any atom is 0.251 e. The van der Waals surface area contributed by atoms with Gasteiger partial charge in [0.2, 0.25) is 0 Å². The van der Waals surface area contributed by atoms with Gasteiger partial charge in [0.05, 0.1) is 10.1 Å². The number of amides is 1. The Kier molecular flexibility index (Phi) is 6.40. The van der Waals surface area contributed by atoms with Gasteiger partial charge < -0.3 is 11.1 Å². The van der Waals surface area contributed by atoms with Crippen LogP contribution < -0.4 is 11.1 Å². The van der Waals surface area contributed by atoms with Gasteiger partial charge in [0.15, 0.2) is 9.84 Å². The summed E-state index contributed by atoms with van der Waals surface area (Å²) in [5.41, 5.74) is 6.37. The Morgan fingerprint density at radius 1 is 1.27 bits per heavy atom. The maximum atomic E-state index is 12.0. The van der Waals surface area contributed by atoms with Crippen LogP contribution in [-0.4, -0.2) is 32.2 Å². The number of benzene rings is 1. The normalized spacial score (nSPS) is 16.0. The summed E-state index contributed by atoms with van der Waals surface area (Å²) < 4.78 is 24.0. The molecule has 0 heterocycles. The lowest BCUT2D eigenvalue weighted by atomic mass is 10.2. The summed E-state index contributed by atoms with van der Waals surface area (Å²) in [6, 6.07) is 6.03. The average molecular weight is 347 g/mol. The molecule has 7 heteroatoms. The SMILES string of the molecule is CC(C)S(=O)(=O)c1ccc(C(=O)NCC(N)C2CC2)cc1.Cl. The van der Waals surface area contributed by atoms with Gasteiger partial charge in [-0.2, -0.15) is 0 Å².